The van der Waals surface area contributed by atoms with Crippen LogP contribution < -0.4 is 4.89 Å². The number of phosphoric ester groups is 1. The van der Waals surface area contributed by atoms with Crippen molar-refractivity contribution in [3.8, 4) is 0 Å². The molecule has 0 saturated heterocycles. The van der Waals surface area contributed by atoms with Crippen molar-refractivity contribution in [1.29, 1.82) is 0 Å². The highest BCUT2D eigenvalue weighted by atomic mass is 31.2. The summed E-state index contributed by atoms with van der Waals surface area (Å²) in [5, 5.41) is 0. The first-order valence-corrected chi connectivity index (χ1v) is 40.1. The first kappa shape index (κ1) is 88.7. The number of rotatable bonds is 71. The Hall–Kier alpha value is -3.33. The molecule has 0 rings (SSSR count). The van der Waals surface area contributed by atoms with Gasteiger partial charge >= 0.3 is 11.9 Å². The van der Waals surface area contributed by atoms with Crippen LogP contribution in [0.5, 0.6) is 0 Å². The molecule has 0 aliphatic heterocycles. The Labute approximate surface area is 569 Å². The van der Waals surface area contributed by atoms with E-state index in [1.807, 2.05) is 21.1 Å². The lowest BCUT2D eigenvalue weighted by atomic mass is 10.0. The van der Waals surface area contributed by atoms with Crippen LogP contribution >= 0.6 is 7.82 Å². The van der Waals surface area contributed by atoms with Gasteiger partial charge in [-0.05, 0) is 103 Å². The van der Waals surface area contributed by atoms with Crippen LogP contribution in [0.3, 0.4) is 0 Å². The molecule has 2 unspecified atom stereocenters. The molecule has 0 spiro atoms. The summed E-state index contributed by atoms with van der Waals surface area (Å²) in [5.74, 6) is -0.821. The van der Waals surface area contributed by atoms with Gasteiger partial charge in [0, 0.05) is 12.8 Å². The number of unbranched alkanes of at least 4 members (excludes halogenated alkanes) is 39. The molecular formula is C82H146NO8P. The summed E-state index contributed by atoms with van der Waals surface area (Å²) in [6.07, 6.45) is 102. The van der Waals surface area contributed by atoms with Gasteiger partial charge in [0.25, 0.3) is 7.82 Å². The van der Waals surface area contributed by atoms with Crippen LogP contribution in [0, 0.1) is 0 Å². The van der Waals surface area contributed by atoms with Crippen molar-refractivity contribution in [2.45, 2.75) is 354 Å². The molecule has 0 aromatic heterocycles. The number of likely N-dealkylation sites (N-methyl/N-ethyl adjacent to an activating group) is 1. The average Bonchev–Trinajstić information content (AvgIpc) is 2.34. The van der Waals surface area contributed by atoms with Gasteiger partial charge in [-0.1, -0.05) is 342 Å². The van der Waals surface area contributed by atoms with Gasteiger partial charge in [-0.15, -0.1) is 0 Å². The lowest BCUT2D eigenvalue weighted by Crippen LogP contribution is -2.37. The standard InChI is InChI=1S/C82H146NO8P/c1-6-8-10-12-14-16-18-20-22-24-26-28-30-32-34-36-38-39-40-41-42-43-45-47-49-51-53-55-57-59-61-63-65-67-69-71-73-75-82(85)91-80(79-90-92(86,87)89-77-76-83(3,4)5)78-88-81(84)74-72-70-68-66-64-62-60-58-56-54-52-50-48-46-44-37-35-33-31-29-27-25-23-21-19-17-15-13-11-9-7-2/h8,10,14,16,19-22,25-28,31-34,38-39,80H,6-7,9,11-13,15,17-18,23-24,29-30,35-37,40-79H2,1-5H3/b10-8-,16-14-,21-19-,22-20-,27-25-,28-26-,33-31-,34-32-,39-38-. The number of ether oxygens (including phenoxy) is 2. The molecule has 0 N–H and O–H groups in total. The lowest BCUT2D eigenvalue weighted by molar-refractivity contribution is -0.870. The first-order chi connectivity index (χ1) is 45.0. The molecule has 0 radical (unpaired) electrons. The Balaban J connectivity index is 3.98. The summed E-state index contributed by atoms with van der Waals surface area (Å²) in [4.78, 5) is 38.2. The summed E-state index contributed by atoms with van der Waals surface area (Å²) in [6, 6.07) is 0. The van der Waals surface area contributed by atoms with E-state index in [1.54, 1.807) is 0 Å². The maximum Gasteiger partial charge on any atom is 0.306 e. The zero-order valence-electron chi connectivity index (χ0n) is 60.7. The number of hydrogen-bond donors (Lipinski definition) is 0. The lowest BCUT2D eigenvalue weighted by Gasteiger charge is -2.28. The van der Waals surface area contributed by atoms with Gasteiger partial charge in [-0.3, -0.25) is 14.2 Å². The number of carbonyl (C=O) groups excluding carboxylic acids is 2. The molecule has 92 heavy (non-hydrogen) atoms. The molecule has 0 saturated carbocycles. The zero-order chi connectivity index (χ0) is 66.9. The second-order valence-corrected chi connectivity index (χ2v) is 28.4. The molecule has 0 bridgehead atoms. The van der Waals surface area contributed by atoms with Crippen LogP contribution in [0.15, 0.2) is 109 Å². The van der Waals surface area contributed by atoms with Crippen LogP contribution in [0.4, 0.5) is 0 Å². The summed E-state index contributed by atoms with van der Waals surface area (Å²) < 4.78 is 34.4. The van der Waals surface area contributed by atoms with E-state index in [0.717, 1.165) is 89.9 Å². The van der Waals surface area contributed by atoms with Gasteiger partial charge < -0.3 is 27.9 Å². The van der Waals surface area contributed by atoms with Gasteiger partial charge in [0.05, 0.1) is 27.7 Å². The Bertz CT molecular complexity index is 1920. The van der Waals surface area contributed by atoms with E-state index >= 15 is 0 Å². The van der Waals surface area contributed by atoms with Gasteiger partial charge in [-0.25, -0.2) is 0 Å². The number of hydrogen-bond acceptors (Lipinski definition) is 8. The maximum atomic E-state index is 12.9. The summed E-state index contributed by atoms with van der Waals surface area (Å²) >= 11 is 0. The van der Waals surface area contributed by atoms with Crippen LogP contribution in [0.2, 0.25) is 0 Å². The third-order valence-corrected chi connectivity index (χ3v) is 17.7. The maximum absolute atomic E-state index is 12.9. The van der Waals surface area contributed by atoms with Crippen LogP contribution in [0.25, 0.3) is 0 Å². The topological polar surface area (TPSA) is 111 Å². The van der Waals surface area contributed by atoms with Crippen molar-refractivity contribution >= 4 is 19.8 Å². The highest BCUT2D eigenvalue weighted by Crippen LogP contribution is 2.38. The zero-order valence-corrected chi connectivity index (χ0v) is 61.6. The molecule has 0 fully saturated rings. The third-order valence-electron chi connectivity index (χ3n) is 16.8. The van der Waals surface area contributed by atoms with E-state index < -0.39 is 26.5 Å². The van der Waals surface area contributed by atoms with Gasteiger partial charge in [-0.2, -0.15) is 0 Å². The second kappa shape index (κ2) is 72.0. The van der Waals surface area contributed by atoms with Crippen molar-refractivity contribution in [1.82, 2.24) is 0 Å². The molecule has 2 atom stereocenters. The van der Waals surface area contributed by atoms with Crippen molar-refractivity contribution in [2.24, 2.45) is 0 Å². The highest BCUT2D eigenvalue weighted by Gasteiger charge is 2.22. The molecule has 532 valence electrons. The fourth-order valence-electron chi connectivity index (χ4n) is 10.9. The third kappa shape index (κ3) is 75.7. The quantitative estimate of drug-likeness (QED) is 0.0195. The monoisotopic (exact) mass is 1300 g/mol. The SMILES string of the molecule is CC/C=C\C/C=C\C/C=C\C/C=C\C/C=C\C/C=C\CCCCCCCCCCCCCCCCCCCCC(=O)OC(COC(=O)CCCCCCCCCCCCCCCCCC/C=C\C/C=C\C/C=C\CCCCCCC)COP(=O)([O-])OCC[N+](C)(C)C. The van der Waals surface area contributed by atoms with E-state index in [0.29, 0.717) is 17.4 Å². The van der Waals surface area contributed by atoms with E-state index in [2.05, 4.69) is 123 Å². The number of phosphoric acid groups is 1. The Morgan fingerprint density at radius 2 is 0.620 bits per heavy atom. The molecule has 0 aromatic carbocycles. The molecule has 0 amide bonds. The minimum atomic E-state index is -4.65. The summed E-state index contributed by atoms with van der Waals surface area (Å²) in [6.45, 7) is 4.15. The number of esters is 2. The van der Waals surface area contributed by atoms with Crippen molar-refractivity contribution < 1.29 is 42.1 Å². The van der Waals surface area contributed by atoms with E-state index in [1.165, 1.54) is 225 Å². The van der Waals surface area contributed by atoms with E-state index in [9.17, 15) is 19.0 Å². The van der Waals surface area contributed by atoms with Crippen molar-refractivity contribution in [3.63, 3.8) is 0 Å². The van der Waals surface area contributed by atoms with Crippen molar-refractivity contribution in [3.05, 3.63) is 109 Å². The molecule has 0 heterocycles. The minimum absolute atomic E-state index is 0.0323. The summed E-state index contributed by atoms with van der Waals surface area (Å²) in [7, 11) is 1.17. The second-order valence-electron chi connectivity index (χ2n) is 27.0. The molecule has 0 aromatic rings. The fraction of sp³-hybridized carbons (Fsp3) is 0.756. The molecule has 9 nitrogen and oxygen atoms in total. The molecule has 10 heteroatoms. The average molecular weight is 1310 g/mol. The number of allylic oxidation sites excluding steroid dienone is 18. The highest BCUT2D eigenvalue weighted by molar-refractivity contribution is 7.45. The molecule has 0 aliphatic carbocycles. The van der Waals surface area contributed by atoms with Gasteiger partial charge in [0.2, 0.25) is 0 Å². The molecular weight excluding hydrogens is 1160 g/mol. The number of quaternary nitrogens is 1. The largest absolute Gasteiger partial charge is 0.756 e. The Kier molecular flexibility index (Phi) is 69.3. The van der Waals surface area contributed by atoms with Gasteiger partial charge in [0.1, 0.15) is 19.8 Å². The molecule has 0 aliphatic rings. The van der Waals surface area contributed by atoms with E-state index in [-0.39, 0.29) is 32.0 Å². The van der Waals surface area contributed by atoms with Crippen LogP contribution in [-0.2, 0) is 32.7 Å². The smallest absolute Gasteiger partial charge is 0.306 e. The van der Waals surface area contributed by atoms with Crippen molar-refractivity contribution in [2.75, 3.05) is 47.5 Å². The number of nitrogens with zero attached hydrogens (tertiary/aromatic N) is 1. The Morgan fingerprint density at radius 1 is 0.348 bits per heavy atom. The van der Waals surface area contributed by atoms with Crippen LogP contribution in [0.1, 0.15) is 348 Å². The predicted molar refractivity (Wildman–Crippen MR) is 397 cm³/mol. The predicted octanol–water partition coefficient (Wildman–Crippen LogP) is 25.0. The van der Waals surface area contributed by atoms with E-state index in [4.69, 9.17) is 18.5 Å². The van der Waals surface area contributed by atoms with Crippen LogP contribution in [-0.4, -0.2) is 70.0 Å². The minimum Gasteiger partial charge on any atom is -0.756 e. The Morgan fingerprint density at radius 3 is 0.924 bits per heavy atom. The number of carbonyl (C=O) groups is 2. The normalized spacial score (nSPS) is 13.7. The van der Waals surface area contributed by atoms with Gasteiger partial charge in [0.15, 0.2) is 6.10 Å². The first-order valence-electron chi connectivity index (χ1n) is 38.6. The fourth-order valence-corrected chi connectivity index (χ4v) is 11.6. The summed E-state index contributed by atoms with van der Waals surface area (Å²) in [5.41, 5.74) is 0.